The second-order valence-electron chi connectivity index (χ2n) is 7.25. The molecular weight excluding hydrogens is 319 g/mol. The molecule has 3 heterocycles. The standard InChI is InChI=1S/C20H21FN2O2/c1-12-17(4-3-5-18(12)21)15-7-19-16-6-14(9-22(11-16)13(2)24)10-23(19)20(25)8-15/h3-5,7-8,14,16H,6,9-11H2,1-2H3/t14-,16+/m0/s1. The van der Waals surface area contributed by atoms with Crippen LogP contribution in [0.15, 0.2) is 35.1 Å². The molecule has 1 saturated heterocycles. The molecule has 4 rings (SSSR count). The molecule has 0 spiro atoms. The Morgan fingerprint density at radius 1 is 1.20 bits per heavy atom. The van der Waals surface area contributed by atoms with E-state index < -0.39 is 0 Å². The van der Waals surface area contributed by atoms with E-state index >= 15 is 0 Å². The zero-order valence-corrected chi connectivity index (χ0v) is 14.5. The average Bonchev–Trinajstić information content (AvgIpc) is 2.58. The summed E-state index contributed by atoms with van der Waals surface area (Å²) in [4.78, 5) is 26.4. The maximum atomic E-state index is 13.9. The number of halogens is 1. The third-order valence-electron chi connectivity index (χ3n) is 5.58. The van der Waals surface area contributed by atoms with Crippen LogP contribution in [0.25, 0.3) is 11.1 Å². The van der Waals surface area contributed by atoms with E-state index in [9.17, 15) is 14.0 Å². The van der Waals surface area contributed by atoms with Crippen LogP contribution in [0.5, 0.6) is 0 Å². The van der Waals surface area contributed by atoms with Crippen LogP contribution in [0.3, 0.4) is 0 Å². The van der Waals surface area contributed by atoms with E-state index in [2.05, 4.69) is 0 Å². The second kappa shape index (κ2) is 5.83. The van der Waals surface area contributed by atoms with Gasteiger partial charge in [0.15, 0.2) is 0 Å². The summed E-state index contributed by atoms with van der Waals surface area (Å²) in [5.41, 5.74) is 2.98. The number of nitrogens with zero attached hydrogens (tertiary/aromatic N) is 2. The predicted octanol–water partition coefficient (Wildman–Crippen LogP) is 2.93. The first-order valence-electron chi connectivity index (χ1n) is 8.70. The molecule has 0 N–H and O–H groups in total. The number of hydrogen-bond donors (Lipinski definition) is 0. The number of likely N-dealkylation sites (tertiary alicyclic amines) is 1. The molecule has 1 aromatic heterocycles. The Morgan fingerprint density at radius 3 is 2.76 bits per heavy atom. The number of amides is 1. The monoisotopic (exact) mass is 340 g/mol. The van der Waals surface area contributed by atoms with Gasteiger partial charge in [0, 0.05) is 44.2 Å². The molecule has 1 amide bonds. The highest BCUT2D eigenvalue weighted by atomic mass is 19.1. The Morgan fingerprint density at radius 2 is 2.00 bits per heavy atom. The highest BCUT2D eigenvalue weighted by Crippen LogP contribution is 2.37. The molecule has 1 aromatic carbocycles. The van der Waals surface area contributed by atoms with Crippen molar-refractivity contribution in [2.45, 2.75) is 32.7 Å². The van der Waals surface area contributed by atoms with E-state index in [1.807, 2.05) is 21.6 Å². The third kappa shape index (κ3) is 2.68. The molecule has 0 saturated carbocycles. The molecule has 4 nitrogen and oxygen atoms in total. The largest absolute Gasteiger partial charge is 0.342 e. The minimum atomic E-state index is -0.268. The molecule has 2 aromatic rings. The summed E-state index contributed by atoms with van der Waals surface area (Å²) in [6, 6.07) is 8.56. The smallest absolute Gasteiger partial charge is 0.251 e. The lowest BCUT2D eigenvalue weighted by Crippen LogP contribution is -2.48. The van der Waals surface area contributed by atoms with E-state index in [0.717, 1.165) is 29.8 Å². The molecule has 2 aliphatic heterocycles. The molecule has 0 aliphatic carbocycles. The van der Waals surface area contributed by atoms with Gasteiger partial charge in [0.25, 0.3) is 5.56 Å². The Hall–Kier alpha value is -2.43. The third-order valence-corrected chi connectivity index (χ3v) is 5.58. The Labute approximate surface area is 145 Å². The van der Waals surface area contributed by atoms with Crippen molar-refractivity contribution in [3.8, 4) is 11.1 Å². The summed E-state index contributed by atoms with van der Waals surface area (Å²) < 4.78 is 15.8. The fraction of sp³-hybridized carbons (Fsp3) is 0.400. The zero-order chi connectivity index (χ0) is 17.7. The van der Waals surface area contributed by atoms with Gasteiger partial charge in [-0.05, 0) is 48.1 Å². The molecule has 0 unspecified atom stereocenters. The molecule has 0 radical (unpaired) electrons. The minimum absolute atomic E-state index is 0.0397. The van der Waals surface area contributed by atoms with Crippen molar-refractivity contribution in [3.05, 3.63) is 57.8 Å². The fourth-order valence-electron chi connectivity index (χ4n) is 4.29. The van der Waals surface area contributed by atoms with E-state index in [4.69, 9.17) is 0 Å². The van der Waals surface area contributed by atoms with Crippen molar-refractivity contribution >= 4 is 5.91 Å². The Balaban J connectivity index is 1.82. The molecule has 130 valence electrons. The topological polar surface area (TPSA) is 42.3 Å². The number of carbonyl (C=O) groups excluding carboxylic acids is 1. The highest BCUT2D eigenvalue weighted by molar-refractivity contribution is 5.73. The first kappa shape index (κ1) is 16.1. The van der Waals surface area contributed by atoms with E-state index in [-0.39, 0.29) is 23.2 Å². The SMILES string of the molecule is CC(=O)N1C[C@@H]2C[C@H](C1)c1cc(-c3cccc(F)c3C)cc(=O)n1C2. The summed E-state index contributed by atoms with van der Waals surface area (Å²) >= 11 is 0. The number of rotatable bonds is 1. The normalized spacial score (nSPS) is 21.8. The lowest BCUT2D eigenvalue weighted by atomic mass is 9.82. The van der Waals surface area contributed by atoms with Gasteiger partial charge in [0.05, 0.1) is 0 Å². The summed E-state index contributed by atoms with van der Waals surface area (Å²) in [6.07, 6.45) is 0.995. The number of fused-ring (bicyclic) bond motifs is 4. The van der Waals surface area contributed by atoms with Crippen molar-refractivity contribution in [2.75, 3.05) is 13.1 Å². The van der Waals surface area contributed by atoms with Crippen LogP contribution < -0.4 is 5.56 Å². The second-order valence-corrected chi connectivity index (χ2v) is 7.25. The first-order chi connectivity index (χ1) is 11.9. The van der Waals surface area contributed by atoms with Gasteiger partial charge in [-0.2, -0.15) is 0 Å². The maximum absolute atomic E-state index is 13.9. The van der Waals surface area contributed by atoms with Crippen molar-refractivity contribution < 1.29 is 9.18 Å². The highest BCUT2D eigenvalue weighted by Gasteiger charge is 2.35. The molecule has 2 aliphatic rings. The molecular formula is C20H21FN2O2. The number of pyridine rings is 1. The van der Waals surface area contributed by atoms with Crippen LogP contribution in [0.1, 0.15) is 30.5 Å². The van der Waals surface area contributed by atoms with E-state index in [1.165, 1.54) is 6.07 Å². The van der Waals surface area contributed by atoms with Gasteiger partial charge >= 0.3 is 0 Å². The van der Waals surface area contributed by atoms with Crippen molar-refractivity contribution in [1.29, 1.82) is 0 Å². The van der Waals surface area contributed by atoms with Crippen LogP contribution >= 0.6 is 0 Å². The first-order valence-corrected chi connectivity index (χ1v) is 8.70. The van der Waals surface area contributed by atoms with Gasteiger partial charge in [-0.15, -0.1) is 0 Å². The van der Waals surface area contributed by atoms with Crippen molar-refractivity contribution in [3.63, 3.8) is 0 Å². The minimum Gasteiger partial charge on any atom is -0.342 e. The lowest BCUT2D eigenvalue weighted by Gasteiger charge is -2.42. The van der Waals surface area contributed by atoms with Gasteiger partial charge in [0.2, 0.25) is 5.91 Å². The molecule has 2 bridgehead atoms. The Bertz CT molecular complexity index is 918. The van der Waals surface area contributed by atoms with E-state index in [0.29, 0.717) is 24.6 Å². The average molecular weight is 340 g/mol. The van der Waals surface area contributed by atoms with Gasteiger partial charge in [-0.3, -0.25) is 9.59 Å². The van der Waals surface area contributed by atoms with Crippen molar-refractivity contribution in [1.82, 2.24) is 9.47 Å². The van der Waals surface area contributed by atoms with Gasteiger partial charge in [-0.1, -0.05) is 12.1 Å². The fourth-order valence-corrected chi connectivity index (χ4v) is 4.29. The number of benzene rings is 1. The molecule has 1 fully saturated rings. The van der Waals surface area contributed by atoms with Crippen LogP contribution in [-0.2, 0) is 11.3 Å². The summed E-state index contributed by atoms with van der Waals surface area (Å²) in [6.45, 7) is 5.35. The Kier molecular flexibility index (Phi) is 3.74. The summed E-state index contributed by atoms with van der Waals surface area (Å²) in [5, 5.41) is 0. The number of carbonyl (C=O) groups is 1. The van der Waals surface area contributed by atoms with Gasteiger partial charge < -0.3 is 9.47 Å². The van der Waals surface area contributed by atoms with Crippen LogP contribution in [-0.4, -0.2) is 28.5 Å². The van der Waals surface area contributed by atoms with Crippen LogP contribution in [0.2, 0.25) is 0 Å². The quantitative estimate of drug-likeness (QED) is 0.801. The van der Waals surface area contributed by atoms with Crippen molar-refractivity contribution in [2.24, 2.45) is 5.92 Å². The molecule has 25 heavy (non-hydrogen) atoms. The summed E-state index contributed by atoms with van der Waals surface area (Å²) in [7, 11) is 0. The maximum Gasteiger partial charge on any atom is 0.251 e. The molecule has 5 heteroatoms. The van der Waals surface area contributed by atoms with Crippen LogP contribution in [0.4, 0.5) is 4.39 Å². The van der Waals surface area contributed by atoms with Gasteiger partial charge in [-0.25, -0.2) is 4.39 Å². The molecule has 2 atom stereocenters. The zero-order valence-electron chi connectivity index (χ0n) is 14.5. The van der Waals surface area contributed by atoms with E-state index in [1.54, 1.807) is 26.0 Å². The lowest BCUT2D eigenvalue weighted by molar-refractivity contribution is -0.131. The van der Waals surface area contributed by atoms with Gasteiger partial charge in [0.1, 0.15) is 5.82 Å². The summed E-state index contributed by atoms with van der Waals surface area (Å²) in [5.74, 6) is 0.311. The predicted molar refractivity (Wildman–Crippen MR) is 93.9 cm³/mol. The number of aromatic nitrogens is 1. The van der Waals surface area contributed by atoms with Crippen LogP contribution in [0, 0.1) is 18.7 Å². The number of piperidine rings is 1. The number of hydrogen-bond acceptors (Lipinski definition) is 2.